The lowest BCUT2D eigenvalue weighted by molar-refractivity contribution is 0.229. The van der Waals surface area contributed by atoms with E-state index in [1.54, 1.807) is 5.57 Å². The molecule has 0 amide bonds. The molecule has 0 aliphatic heterocycles. The fourth-order valence-corrected chi connectivity index (χ4v) is 2.39. The van der Waals surface area contributed by atoms with E-state index in [0.29, 0.717) is 17.4 Å². The summed E-state index contributed by atoms with van der Waals surface area (Å²) in [4.78, 5) is 0. The van der Waals surface area contributed by atoms with Gasteiger partial charge in [0.1, 0.15) is 0 Å². The second kappa shape index (κ2) is 6.55. The van der Waals surface area contributed by atoms with Crippen molar-refractivity contribution in [1.29, 1.82) is 0 Å². The van der Waals surface area contributed by atoms with E-state index in [1.165, 1.54) is 32.1 Å². The minimum absolute atomic E-state index is 0.361. The van der Waals surface area contributed by atoms with E-state index >= 15 is 0 Å². The van der Waals surface area contributed by atoms with Gasteiger partial charge >= 0.3 is 0 Å². The van der Waals surface area contributed by atoms with Crippen LogP contribution in [0.5, 0.6) is 0 Å². The summed E-state index contributed by atoms with van der Waals surface area (Å²) in [5, 5.41) is 0. The summed E-state index contributed by atoms with van der Waals surface area (Å²) in [6.45, 7) is 9.27. The van der Waals surface area contributed by atoms with Crippen LogP contribution in [0.25, 0.3) is 0 Å². The van der Waals surface area contributed by atoms with Gasteiger partial charge in [-0.25, -0.2) is 0 Å². The van der Waals surface area contributed by atoms with E-state index in [-0.39, 0.29) is 0 Å². The zero-order chi connectivity index (χ0) is 12.9. The van der Waals surface area contributed by atoms with Gasteiger partial charge in [-0.3, -0.25) is 11.3 Å². The number of nitrogens with one attached hydrogen (secondary N) is 1. The average Bonchev–Trinajstić information content (AvgIpc) is 2.52. The number of rotatable bonds is 4. The summed E-state index contributed by atoms with van der Waals surface area (Å²) in [6.07, 6.45) is 10.1. The predicted octanol–water partition coefficient (Wildman–Crippen LogP) is 3.78. The quantitative estimate of drug-likeness (QED) is 0.444. The molecule has 17 heavy (non-hydrogen) atoms. The van der Waals surface area contributed by atoms with Gasteiger partial charge in [0.25, 0.3) is 0 Å². The summed E-state index contributed by atoms with van der Waals surface area (Å²) >= 11 is 0. The first-order valence-corrected chi connectivity index (χ1v) is 7.10. The first-order valence-electron chi connectivity index (χ1n) is 7.10. The number of hydrogen-bond acceptors (Lipinski definition) is 2. The van der Waals surface area contributed by atoms with Crippen molar-refractivity contribution in [1.82, 2.24) is 5.43 Å². The van der Waals surface area contributed by atoms with Gasteiger partial charge in [0.2, 0.25) is 0 Å². The smallest absolute Gasteiger partial charge is 0.0422 e. The summed E-state index contributed by atoms with van der Waals surface area (Å²) < 4.78 is 0. The number of allylic oxidation sites excluding steroid dienone is 1. The van der Waals surface area contributed by atoms with Crippen molar-refractivity contribution < 1.29 is 0 Å². The Labute approximate surface area is 107 Å². The SMILES string of the molecule is CC(CC(NN)C1=CCCCCC1)C(C)(C)C. The molecular weight excluding hydrogens is 208 g/mol. The Morgan fingerprint density at radius 2 is 2.00 bits per heavy atom. The van der Waals surface area contributed by atoms with Crippen molar-refractivity contribution in [3.63, 3.8) is 0 Å². The van der Waals surface area contributed by atoms with Crippen molar-refractivity contribution in [2.75, 3.05) is 0 Å². The highest BCUT2D eigenvalue weighted by atomic mass is 15.2. The Bertz CT molecular complexity index is 250. The zero-order valence-corrected chi connectivity index (χ0v) is 12.1. The molecule has 0 aromatic heterocycles. The lowest BCUT2D eigenvalue weighted by atomic mass is 9.77. The molecule has 0 spiro atoms. The maximum atomic E-state index is 5.76. The van der Waals surface area contributed by atoms with Crippen molar-refractivity contribution in [3.05, 3.63) is 11.6 Å². The fourth-order valence-electron chi connectivity index (χ4n) is 2.39. The molecule has 2 unspecified atom stereocenters. The van der Waals surface area contributed by atoms with E-state index in [0.717, 1.165) is 6.42 Å². The van der Waals surface area contributed by atoms with Gasteiger partial charge in [0.15, 0.2) is 0 Å². The van der Waals surface area contributed by atoms with Crippen LogP contribution in [-0.4, -0.2) is 6.04 Å². The van der Waals surface area contributed by atoms with Crippen molar-refractivity contribution in [2.45, 2.75) is 72.3 Å². The van der Waals surface area contributed by atoms with Crippen LogP contribution in [0.2, 0.25) is 0 Å². The van der Waals surface area contributed by atoms with E-state index in [2.05, 4.69) is 39.2 Å². The van der Waals surface area contributed by atoms with E-state index in [9.17, 15) is 0 Å². The summed E-state index contributed by atoms with van der Waals surface area (Å²) in [6, 6.07) is 0.377. The Morgan fingerprint density at radius 1 is 1.29 bits per heavy atom. The van der Waals surface area contributed by atoms with Gasteiger partial charge in [-0.1, -0.05) is 45.8 Å². The highest BCUT2D eigenvalue weighted by Crippen LogP contribution is 2.31. The molecule has 0 radical (unpaired) electrons. The molecule has 0 aromatic rings. The molecule has 0 saturated carbocycles. The summed E-state index contributed by atoms with van der Waals surface area (Å²) in [5.41, 5.74) is 4.94. The van der Waals surface area contributed by atoms with Crippen molar-refractivity contribution in [3.8, 4) is 0 Å². The minimum Gasteiger partial charge on any atom is -0.271 e. The third-order valence-corrected chi connectivity index (χ3v) is 4.29. The average molecular weight is 238 g/mol. The molecule has 0 aromatic carbocycles. The molecule has 0 heterocycles. The first-order chi connectivity index (χ1) is 7.95. The Morgan fingerprint density at radius 3 is 2.59 bits per heavy atom. The molecule has 1 aliphatic rings. The monoisotopic (exact) mass is 238 g/mol. The van der Waals surface area contributed by atoms with Gasteiger partial charge < -0.3 is 0 Å². The van der Waals surface area contributed by atoms with Crippen LogP contribution in [0.15, 0.2) is 11.6 Å². The topological polar surface area (TPSA) is 38.0 Å². The highest BCUT2D eigenvalue weighted by molar-refractivity contribution is 5.12. The third kappa shape index (κ3) is 4.81. The molecule has 2 heteroatoms. The van der Waals surface area contributed by atoms with Crippen LogP contribution in [0, 0.1) is 11.3 Å². The van der Waals surface area contributed by atoms with E-state index in [1.807, 2.05) is 0 Å². The minimum atomic E-state index is 0.361. The molecule has 2 nitrogen and oxygen atoms in total. The van der Waals surface area contributed by atoms with E-state index < -0.39 is 0 Å². The lowest BCUT2D eigenvalue weighted by Gasteiger charge is -2.31. The Balaban J connectivity index is 2.61. The zero-order valence-electron chi connectivity index (χ0n) is 12.1. The Kier molecular flexibility index (Phi) is 5.68. The molecule has 1 aliphatic carbocycles. The van der Waals surface area contributed by atoms with Crippen LogP contribution in [0.3, 0.4) is 0 Å². The van der Waals surface area contributed by atoms with Gasteiger partial charge in [-0.2, -0.15) is 0 Å². The lowest BCUT2D eigenvalue weighted by Crippen LogP contribution is -2.39. The van der Waals surface area contributed by atoms with Crippen LogP contribution >= 0.6 is 0 Å². The first kappa shape index (κ1) is 14.7. The second-order valence-corrected chi connectivity index (χ2v) is 6.60. The fraction of sp³-hybridized carbons (Fsp3) is 0.867. The van der Waals surface area contributed by atoms with Gasteiger partial charge in [0, 0.05) is 6.04 Å². The molecule has 3 N–H and O–H groups in total. The molecule has 1 rings (SSSR count). The molecule has 0 fully saturated rings. The van der Waals surface area contributed by atoms with Crippen LogP contribution < -0.4 is 11.3 Å². The molecule has 0 bridgehead atoms. The van der Waals surface area contributed by atoms with Gasteiger partial charge in [-0.05, 0) is 43.4 Å². The van der Waals surface area contributed by atoms with Gasteiger partial charge in [-0.15, -0.1) is 0 Å². The van der Waals surface area contributed by atoms with Crippen LogP contribution in [-0.2, 0) is 0 Å². The summed E-state index contributed by atoms with van der Waals surface area (Å²) in [5.74, 6) is 6.43. The third-order valence-electron chi connectivity index (χ3n) is 4.29. The number of nitrogens with two attached hydrogens (primary N) is 1. The van der Waals surface area contributed by atoms with E-state index in [4.69, 9.17) is 5.84 Å². The largest absolute Gasteiger partial charge is 0.271 e. The standard InChI is InChI=1S/C15H30N2/c1-12(15(2,3)4)11-14(17-16)13-9-7-5-6-8-10-13/h9,12,14,17H,5-8,10-11,16H2,1-4H3. The van der Waals surface area contributed by atoms with Crippen LogP contribution in [0.1, 0.15) is 66.2 Å². The predicted molar refractivity (Wildman–Crippen MR) is 75.5 cm³/mol. The second-order valence-electron chi connectivity index (χ2n) is 6.60. The highest BCUT2D eigenvalue weighted by Gasteiger charge is 2.24. The van der Waals surface area contributed by atoms with Gasteiger partial charge in [0.05, 0.1) is 0 Å². The normalized spacial score (nSPS) is 21.6. The molecule has 0 saturated heterocycles. The molecule has 2 atom stereocenters. The molecular formula is C15H30N2. The van der Waals surface area contributed by atoms with Crippen molar-refractivity contribution >= 4 is 0 Å². The number of hydrazine groups is 1. The maximum Gasteiger partial charge on any atom is 0.0422 e. The molecule has 100 valence electrons. The van der Waals surface area contributed by atoms with Crippen molar-refractivity contribution in [2.24, 2.45) is 17.2 Å². The maximum absolute atomic E-state index is 5.76. The number of hydrogen-bond donors (Lipinski definition) is 2. The Hall–Kier alpha value is -0.340. The summed E-state index contributed by atoms with van der Waals surface area (Å²) in [7, 11) is 0. The van der Waals surface area contributed by atoms with Crippen LogP contribution in [0.4, 0.5) is 0 Å².